The van der Waals surface area contributed by atoms with Gasteiger partial charge in [0, 0.05) is 23.9 Å². The van der Waals surface area contributed by atoms with Gasteiger partial charge < -0.3 is 39.9 Å². The van der Waals surface area contributed by atoms with E-state index >= 15 is 0 Å². The molecule has 4 N–H and O–H groups in total. The highest BCUT2D eigenvalue weighted by atomic mass is 16.5. The van der Waals surface area contributed by atoms with Gasteiger partial charge in [0.1, 0.15) is 23.7 Å². The van der Waals surface area contributed by atoms with Gasteiger partial charge in [-0.3, -0.25) is 9.59 Å². The maximum absolute atomic E-state index is 13.8. The number of rotatable bonds is 11. The van der Waals surface area contributed by atoms with Crippen molar-refractivity contribution in [3.8, 4) is 22.3 Å². The normalized spacial score (nSPS) is 18.4. The van der Waals surface area contributed by atoms with Crippen LogP contribution in [0.1, 0.15) is 101 Å². The number of likely N-dealkylation sites (tertiary alicyclic amines) is 2. The SMILES string of the molecule is COC(=O)N[C@H](C(=O)N1CCCC1c1nc2ccc3cc(-c4ccc(-c5ccc6c(ccc7nc([C@@H]8CCCN8C(=O)[C@@H](NC(=O)OC)C(C)C)[nH]c76)c5)c(C5CC5)c4)ccc3c2[nH]1)C(C)C. The smallest absolute Gasteiger partial charge is 0.407 e. The van der Waals surface area contributed by atoms with Gasteiger partial charge in [0.05, 0.1) is 48.4 Å². The molecule has 346 valence electrons. The molecule has 4 amide bonds. The van der Waals surface area contributed by atoms with E-state index in [0.29, 0.717) is 19.0 Å². The maximum Gasteiger partial charge on any atom is 0.407 e. The van der Waals surface area contributed by atoms with E-state index in [9.17, 15) is 19.2 Å². The van der Waals surface area contributed by atoms with Crippen LogP contribution in [0.5, 0.6) is 0 Å². The molecule has 1 unspecified atom stereocenters. The number of aromatic amines is 2. The van der Waals surface area contributed by atoms with Gasteiger partial charge in [-0.2, -0.15) is 0 Å². The zero-order valence-corrected chi connectivity index (χ0v) is 38.9. The molecule has 2 saturated heterocycles. The van der Waals surface area contributed by atoms with Crippen molar-refractivity contribution in [2.45, 2.75) is 96.3 Å². The van der Waals surface area contributed by atoms with Gasteiger partial charge in [-0.15, -0.1) is 0 Å². The minimum Gasteiger partial charge on any atom is -0.453 e. The summed E-state index contributed by atoms with van der Waals surface area (Å²) in [7, 11) is 2.61. The van der Waals surface area contributed by atoms with Crippen LogP contribution in [0, 0.1) is 11.8 Å². The van der Waals surface area contributed by atoms with E-state index in [1.165, 1.54) is 49.3 Å². The Bertz CT molecular complexity index is 3080. The minimum absolute atomic E-state index is 0.109. The molecule has 5 aromatic carbocycles. The Morgan fingerprint density at radius 1 is 0.597 bits per heavy atom. The fraction of sp³-hybridized carbons (Fsp3) is 0.396. The molecule has 3 aliphatic rings. The first-order valence-electron chi connectivity index (χ1n) is 23.7. The highest BCUT2D eigenvalue weighted by Crippen LogP contribution is 2.47. The second kappa shape index (κ2) is 17.7. The second-order valence-corrected chi connectivity index (χ2v) is 19.2. The molecule has 14 heteroatoms. The molecule has 4 heterocycles. The highest BCUT2D eigenvalue weighted by molar-refractivity contribution is 6.07. The fourth-order valence-corrected chi connectivity index (χ4v) is 10.4. The number of methoxy groups -OCH3 is 2. The summed E-state index contributed by atoms with van der Waals surface area (Å²) in [5, 5.41) is 9.83. The zero-order valence-electron chi connectivity index (χ0n) is 38.9. The number of hydrogen-bond acceptors (Lipinski definition) is 8. The molecule has 3 fully saturated rings. The van der Waals surface area contributed by atoms with E-state index in [1.54, 1.807) is 0 Å². The second-order valence-electron chi connectivity index (χ2n) is 19.2. The number of carbonyl (C=O) groups excluding carboxylic acids is 4. The zero-order chi connectivity index (χ0) is 46.7. The molecule has 14 nitrogen and oxygen atoms in total. The number of alkyl carbamates (subject to hydrolysis) is 2. The third-order valence-corrected chi connectivity index (χ3v) is 14.2. The lowest BCUT2D eigenvalue weighted by Crippen LogP contribution is -2.51. The van der Waals surface area contributed by atoms with Crippen LogP contribution in [0.3, 0.4) is 0 Å². The Labute approximate surface area is 389 Å². The minimum atomic E-state index is -0.693. The number of benzene rings is 5. The lowest BCUT2D eigenvalue weighted by molar-refractivity contribution is -0.136. The van der Waals surface area contributed by atoms with Crippen LogP contribution >= 0.6 is 0 Å². The Kier molecular flexibility index (Phi) is 11.6. The van der Waals surface area contributed by atoms with Gasteiger partial charge in [-0.25, -0.2) is 19.6 Å². The Morgan fingerprint density at radius 2 is 1.06 bits per heavy atom. The highest BCUT2D eigenvalue weighted by Gasteiger charge is 2.39. The number of aromatic nitrogens is 4. The predicted octanol–water partition coefficient (Wildman–Crippen LogP) is 10.0. The van der Waals surface area contributed by atoms with Gasteiger partial charge in [-0.1, -0.05) is 82.3 Å². The summed E-state index contributed by atoms with van der Waals surface area (Å²) < 4.78 is 9.63. The molecular formula is C53H58N8O6. The summed E-state index contributed by atoms with van der Waals surface area (Å²) in [6.45, 7) is 8.87. The van der Waals surface area contributed by atoms with Crippen molar-refractivity contribution in [2.24, 2.45) is 11.8 Å². The summed E-state index contributed by atoms with van der Waals surface area (Å²) in [6.07, 6.45) is 4.37. The van der Waals surface area contributed by atoms with E-state index in [4.69, 9.17) is 19.4 Å². The molecule has 4 atom stereocenters. The number of carbonyl (C=O) groups is 4. The molecule has 2 aromatic heterocycles. The lowest BCUT2D eigenvalue weighted by atomic mass is 9.91. The predicted molar refractivity (Wildman–Crippen MR) is 259 cm³/mol. The Hall–Kier alpha value is -6.96. The van der Waals surface area contributed by atoms with E-state index in [-0.39, 0.29) is 35.7 Å². The van der Waals surface area contributed by atoms with Gasteiger partial charge in [0.2, 0.25) is 11.8 Å². The number of amides is 4. The first kappa shape index (κ1) is 43.9. The summed E-state index contributed by atoms with van der Waals surface area (Å²) >= 11 is 0. The standard InChI is InChI=1S/C53H58N8O6/c1-28(2)44(58-52(64)66-5)50(62)60-23-7-9-42(60)48-54-40-21-16-34-25-31(14-19-37(34)46(40)56-48)32-13-18-36(39(27-32)30-11-12-30)33-15-20-38-35(26-33)17-22-41-47(38)57-49(55-41)43-10-8-24-61(43)51(63)45(29(3)4)59-53(65)67-6/h13-22,25-30,42-45H,7-12,23-24H2,1-6H3,(H,54,56)(H,55,57)(H,58,64)(H,59,65)/t42?,43-,44-,45-/m0/s1. The van der Waals surface area contributed by atoms with Crippen LogP contribution in [-0.2, 0) is 19.1 Å². The number of hydrogen-bond donors (Lipinski definition) is 4. The molecule has 10 rings (SSSR count). The number of nitrogens with zero attached hydrogens (tertiary/aromatic N) is 4. The molecule has 0 spiro atoms. The largest absolute Gasteiger partial charge is 0.453 e. The van der Waals surface area contributed by atoms with Crippen LogP contribution in [-0.4, -0.2) is 93.1 Å². The van der Waals surface area contributed by atoms with Gasteiger partial charge >= 0.3 is 12.2 Å². The van der Waals surface area contributed by atoms with Crippen molar-refractivity contribution in [1.82, 2.24) is 40.4 Å². The third-order valence-electron chi connectivity index (χ3n) is 14.2. The average molecular weight is 903 g/mol. The van der Waals surface area contributed by atoms with Crippen molar-refractivity contribution in [1.29, 1.82) is 0 Å². The number of fused-ring (bicyclic) bond motifs is 6. The van der Waals surface area contributed by atoms with E-state index in [0.717, 1.165) is 86.5 Å². The first-order valence-corrected chi connectivity index (χ1v) is 23.7. The quantitative estimate of drug-likeness (QED) is 0.0992. The Morgan fingerprint density at radius 3 is 1.54 bits per heavy atom. The number of imidazole rings is 2. The third kappa shape index (κ3) is 8.20. The van der Waals surface area contributed by atoms with Crippen molar-refractivity contribution >= 4 is 67.6 Å². The van der Waals surface area contributed by atoms with Crippen LogP contribution in [0.15, 0.2) is 78.9 Å². The summed E-state index contributed by atoms with van der Waals surface area (Å²) in [4.78, 5) is 72.7. The Balaban J connectivity index is 0.907. The van der Waals surface area contributed by atoms with Gasteiger partial charge in [0.25, 0.3) is 0 Å². The topological polar surface area (TPSA) is 175 Å². The maximum atomic E-state index is 13.8. The van der Waals surface area contributed by atoms with Gasteiger partial charge in [0.15, 0.2) is 0 Å². The molecule has 0 radical (unpaired) electrons. The average Bonchev–Trinajstić information content (AvgIpc) is 3.72. The van der Waals surface area contributed by atoms with E-state index in [1.807, 2.05) is 37.5 Å². The van der Waals surface area contributed by atoms with Crippen molar-refractivity contribution in [2.75, 3.05) is 27.3 Å². The lowest BCUT2D eigenvalue weighted by Gasteiger charge is -2.29. The number of ether oxygens (including phenoxy) is 2. The monoisotopic (exact) mass is 902 g/mol. The van der Waals surface area contributed by atoms with Crippen molar-refractivity contribution in [3.05, 3.63) is 96.1 Å². The molecule has 0 bridgehead atoms. The summed E-state index contributed by atoms with van der Waals surface area (Å²) in [6, 6.07) is 26.7. The van der Waals surface area contributed by atoms with Crippen molar-refractivity contribution < 1.29 is 28.7 Å². The fourth-order valence-electron chi connectivity index (χ4n) is 10.4. The molecule has 67 heavy (non-hydrogen) atoms. The summed E-state index contributed by atoms with van der Waals surface area (Å²) in [5.41, 5.74) is 9.69. The van der Waals surface area contributed by atoms with Crippen LogP contribution < -0.4 is 10.6 Å². The molecular weight excluding hydrogens is 845 g/mol. The van der Waals surface area contributed by atoms with Gasteiger partial charge in [-0.05, 0) is 119 Å². The molecule has 2 aliphatic heterocycles. The molecule has 7 aromatic rings. The number of H-pyrrole nitrogens is 2. The first-order chi connectivity index (χ1) is 32.4. The molecule has 1 aliphatic carbocycles. The number of nitrogens with one attached hydrogen (secondary N) is 4. The van der Waals surface area contributed by atoms with E-state index < -0.39 is 24.3 Å². The van der Waals surface area contributed by atoms with E-state index in [2.05, 4.69) is 99.5 Å². The van der Waals surface area contributed by atoms with Crippen LogP contribution in [0.25, 0.3) is 65.9 Å². The van der Waals surface area contributed by atoms with Crippen molar-refractivity contribution in [3.63, 3.8) is 0 Å². The van der Waals surface area contributed by atoms with Crippen LogP contribution in [0.4, 0.5) is 9.59 Å². The molecule has 1 saturated carbocycles. The summed E-state index contributed by atoms with van der Waals surface area (Å²) in [5.74, 6) is 1.55. The van der Waals surface area contributed by atoms with Crippen LogP contribution in [0.2, 0.25) is 0 Å².